The Morgan fingerprint density at radius 3 is 2.11 bits per heavy atom. The molecule has 4 aliphatic rings. The lowest BCUT2D eigenvalue weighted by molar-refractivity contribution is -0.144. The van der Waals surface area contributed by atoms with Crippen LogP contribution in [0.4, 0.5) is 9.59 Å². The number of carbonyl (C=O) groups is 6. The minimum Gasteiger partial charge on any atom is -0.447 e. The molecule has 1 aromatic rings. The first-order valence-corrected chi connectivity index (χ1v) is 19.0. The molecule has 2 saturated carbocycles. The van der Waals surface area contributed by atoms with Crippen LogP contribution >= 0.6 is 0 Å². The van der Waals surface area contributed by atoms with Gasteiger partial charge in [-0.1, -0.05) is 78.1 Å². The Hall–Kier alpha value is -4.29. The van der Waals surface area contributed by atoms with E-state index < -0.39 is 64.8 Å². The third-order valence-corrected chi connectivity index (χ3v) is 11.9. The number of piperidine rings is 1. The summed E-state index contributed by atoms with van der Waals surface area (Å²) >= 11 is 0. The molecule has 1 saturated heterocycles. The molecule has 0 radical (unpaired) electrons. The number of Topliss-reactive ketones (excluding diaryl/α,β-unsaturated/α-hetero) is 1. The fourth-order valence-corrected chi connectivity index (χ4v) is 8.33. The lowest BCUT2D eigenvalue weighted by Crippen LogP contribution is -2.61. The number of nitrogens with one attached hydrogen (secondary N) is 4. The van der Waals surface area contributed by atoms with Crippen molar-refractivity contribution in [3.63, 3.8) is 0 Å². The van der Waals surface area contributed by atoms with Crippen LogP contribution in [-0.2, 0) is 36.8 Å². The van der Waals surface area contributed by atoms with Gasteiger partial charge in [0.1, 0.15) is 18.7 Å². The van der Waals surface area contributed by atoms with Crippen molar-refractivity contribution in [2.45, 2.75) is 124 Å². The average Bonchev–Trinajstić information content (AvgIpc) is 3.40. The lowest BCUT2D eigenvalue weighted by Gasteiger charge is -2.36. The summed E-state index contributed by atoms with van der Waals surface area (Å²) in [6.45, 7) is 18.9. The van der Waals surface area contributed by atoms with E-state index in [1.165, 1.54) is 0 Å². The third kappa shape index (κ3) is 9.09. The molecular formula is C40H58N6O7. The molecule has 0 bridgehead atoms. The first-order chi connectivity index (χ1) is 24.7. The highest BCUT2D eigenvalue weighted by atomic mass is 16.5. The SMILES string of the molecule is C=NC(=O)C(=O)C(CC1CCC1)NC(=O)[C@@H]1[C@@H]2[C@H](CN1C(=O)[C@@H](NC(=O)NC(COC(=O)NC(C)(C)C)C(C)(C)C)C1Cc3ccccc3C1)C2(C)C. The van der Waals surface area contributed by atoms with Gasteiger partial charge in [0.2, 0.25) is 17.6 Å². The van der Waals surface area contributed by atoms with Gasteiger partial charge in [0, 0.05) is 12.1 Å². The Morgan fingerprint density at radius 1 is 0.962 bits per heavy atom. The van der Waals surface area contributed by atoms with E-state index in [1.807, 2.05) is 65.8 Å². The van der Waals surface area contributed by atoms with Crippen molar-refractivity contribution in [2.75, 3.05) is 13.2 Å². The number of hydrogen-bond donors (Lipinski definition) is 4. The van der Waals surface area contributed by atoms with E-state index in [1.54, 1.807) is 4.90 Å². The van der Waals surface area contributed by atoms with E-state index in [2.05, 4.69) is 46.8 Å². The molecule has 3 fully saturated rings. The fourth-order valence-electron chi connectivity index (χ4n) is 8.33. The Kier molecular flexibility index (Phi) is 11.5. The summed E-state index contributed by atoms with van der Waals surface area (Å²) in [5.74, 6) is -2.85. The standard InChI is InChI=1S/C40H58N6O7/c1-38(2,3)28(21-53-37(52)45-39(4,5)6)43-36(51)44-30(25-18-23-15-10-11-16-24(23)19-25)35(50)46-20-26-29(40(26,7)8)31(46)33(48)42-27(17-22-13-12-14-22)32(47)34(49)41-9/h10-11,15-16,22,25-31H,9,12-14,17-21H2,1-8H3,(H,42,48)(H,45,52)(H2,43,44,51)/t26-,27?,28?,29-,30-,31-/m0/s1. The van der Waals surface area contributed by atoms with Crippen LogP contribution in [-0.4, -0.2) is 90.1 Å². The van der Waals surface area contributed by atoms with Crippen LogP contribution in [0.25, 0.3) is 0 Å². The van der Waals surface area contributed by atoms with Crippen molar-refractivity contribution in [1.29, 1.82) is 0 Å². The molecule has 1 aliphatic heterocycles. The second-order valence-electron chi connectivity index (χ2n) is 18.2. The number of urea groups is 1. The van der Waals surface area contributed by atoms with Crippen molar-refractivity contribution in [3.8, 4) is 0 Å². The number of hydrogen-bond acceptors (Lipinski definition) is 7. The topological polar surface area (TPSA) is 175 Å². The second kappa shape index (κ2) is 15.2. The second-order valence-corrected chi connectivity index (χ2v) is 18.2. The van der Waals surface area contributed by atoms with Gasteiger partial charge in [0.15, 0.2) is 0 Å². The highest BCUT2D eigenvalue weighted by Gasteiger charge is 2.70. The highest BCUT2D eigenvalue weighted by molar-refractivity contribution is 6.39. The molecule has 0 aromatic heterocycles. The molecule has 290 valence electrons. The average molecular weight is 735 g/mol. The van der Waals surface area contributed by atoms with Gasteiger partial charge in [-0.2, -0.15) is 0 Å². The number of nitrogens with zero attached hydrogens (tertiary/aromatic N) is 2. The number of carbonyl (C=O) groups excluding carboxylic acids is 6. The zero-order valence-corrected chi connectivity index (χ0v) is 32.5. The molecule has 5 rings (SSSR count). The van der Waals surface area contributed by atoms with Crippen LogP contribution < -0.4 is 21.3 Å². The van der Waals surface area contributed by atoms with Crippen LogP contribution in [0.2, 0.25) is 0 Å². The summed E-state index contributed by atoms with van der Waals surface area (Å²) in [4.78, 5) is 85.7. The van der Waals surface area contributed by atoms with E-state index >= 15 is 0 Å². The number of aliphatic imine (C=N–C) groups is 1. The molecule has 2 unspecified atom stereocenters. The summed E-state index contributed by atoms with van der Waals surface area (Å²) in [5, 5.41) is 11.6. The zero-order valence-electron chi connectivity index (χ0n) is 32.5. The molecule has 13 nitrogen and oxygen atoms in total. The third-order valence-electron chi connectivity index (χ3n) is 11.9. The molecule has 6 atom stereocenters. The van der Waals surface area contributed by atoms with Crippen molar-refractivity contribution >= 4 is 42.3 Å². The monoisotopic (exact) mass is 734 g/mol. The number of benzene rings is 1. The number of amides is 6. The number of ether oxygens (including phenoxy) is 1. The summed E-state index contributed by atoms with van der Waals surface area (Å²) < 4.78 is 5.50. The maximum Gasteiger partial charge on any atom is 0.407 e. The molecule has 53 heavy (non-hydrogen) atoms. The largest absolute Gasteiger partial charge is 0.447 e. The first-order valence-electron chi connectivity index (χ1n) is 19.0. The number of likely N-dealkylation sites (tertiary alicyclic amines) is 1. The number of alkyl carbamates (subject to hydrolysis) is 1. The van der Waals surface area contributed by atoms with Crippen LogP contribution in [0.5, 0.6) is 0 Å². The van der Waals surface area contributed by atoms with E-state index in [0.717, 1.165) is 30.4 Å². The van der Waals surface area contributed by atoms with Gasteiger partial charge in [-0.3, -0.25) is 19.2 Å². The van der Waals surface area contributed by atoms with Gasteiger partial charge in [-0.15, -0.1) is 0 Å². The molecule has 3 aliphatic carbocycles. The molecule has 1 aromatic carbocycles. The minimum absolute atomic E-state index is 0.0522. The van der Waals surface area contributed by atoms with Gasteiger partial charge in [0.25, 0.3) is 0 Å². The first kappa shape index (κ1) is 39.9. The summed E-state index contributed by atoms with van der Waals surface area (Å²) in [7, 11) is 0. The van der Waals surface area contributed by atoms with Gasteiger partial charge in [-0.25, -0.2) is 14.6 Å². The number of fused-ring (bicyclic) bond motifs is 2. The molecule has 6 amide bonds. The summed E-state index contributed by atoms with van der Waals surface area (Å²) in [6, 6.07) is 3.83. The predicted molar refractivity (Wildman–Crippen MR) is 200 cm³/mol. The van der Waals surface area contributed by atoms with Gasteiger partial charge < -0.3 is 30.9 Å². The van der Waals surface area contributed by atoms with Gasteiger partial charge in [-0.05, 0) is 92.4 Å². The van der Waals surface area contributed by atoms with Crippen LogP contribution in [0, 0.1) is 34.5 Å². The lowest BCUT2D eigenvalue weighted by atomic mass is 9.80. The van der Waals surface area contributed by atoms with E-state index in [0.29, 0.717) is 25.8 Å². The summed E-state index contributed by atoms with van der Waals surface area (Å²) in [6.07, 6.45) is 3.68. The van der Waals surface area contributed by atoms with E-state index in [4.69, 9.17) is 4.74 Å². The van der Waals surface area contributed by atoms with Gasteiger partial charge in [0.05, 0.1) is 12.1 Å². The zero-order chi connectivity index (χ0) is 39.0. The fraction of sp³-hybridized carbons (Fsp3) is 0.675. The molecular weight excluding hydrogens is 676 g/mol. The van der Waals surface area contributed by atoms with Crippen molar-refractivity contribution in [3.05, 3.63) is 35.4 Å². The smallest absolute Gasteiger partial charge is 0.407 e. The molecule has 0 spiro atoms. The number of rotatable bonds is 12. The quantitative estimate of drug-likeness (QED) is 0.186. The summed E-state index contributed by atoms with van der Waals surface area (Å²) in [5.41, 5.74) is 0.970. The highest BCUT2D eigenvalue weighted by Crippen LogP contribution is 2.65. The minimum atomic E-state index is -1.06. The maximum absolute atomic E-state index is 14.8. The van der Waals surface area contributed by atoms with Crippen LogP contribution in [0.3, 0.4) is 0 Å². The van der Waals surface area contributed by atoms with E-state index in [9.17, 15) is 28.8 Å². The van der Waals surface area contributed by atoms with Crippen molar-refractivity contribution < 1.29 is 33.5 Å². The number of ketones is 1. The Bertz CT molecular complexity index is 1600. The van der Waals surface area contributed by atoms with E-state index in [-0.39, 0.29) is 41.6 Å². The normalized spacial score (nSPS) is 23.6. The Balaban J connectivity index is 1.37. The molecule has 4 N–H and O–H groups in total. The van der Waals surface area contributed by atoms with Crippen LogP contribution in [0.1, 0.15) is 92.2 Å². The van der Waals surface area contributed by atoms with Gasteiger partial charge >= 0.3 is 18.0 Å². The molecule has 13 heteroatoms. The van der Waals surface area contributed by atoms with Crippen molar-refractivity contribution in [2.24, 2.45) is 39.5 Å². The Labute approximate surface area is 313 Å². The van der Waals surface area contributed by atoms with Crippen LogP contribution in [0.15, 0.2) is 29.3 Å². The predicted octanol–water partition coefficient (Wildman–Crippen LogP) is 3.96. The molecule has 1 heterocycles. The Morgan fingerprint density at radius 2 is 1.58 bits per heavy atom. The van der Waals surface area contributed by atoms with Crippen molar-refractivity contribution in [1.82, 2.24) is 26.2 Å². The maximum atomic E-state index is 14.8.